The Kier molecular flexibility index (Phi) is 9.43. The zero-order chi connectivity index (χ0) is 27.9. The molecule has 3 aromatic rings. The fourth-order valence-corrected chi connectivity index (χ4v) is 5.00. The monoisotopic (exact) mass is 535 g/mol. The van der Waals surface area contributed by atoms with Crippen molar-refractivity contribution in [1.82, 2.24) is 10.2 Å². The van der Waals surface area contributed by atoms with Crippen molar-refractivity contribution in [3.63, 3.8) is 0 Å². The number of hydrogen-bond donors (Lipinski definition) is 2. The Labute approximate surface area is 228 Å². The maximum atomic E-state index is 13.8. The Morgan fingerprint density at radius 1 is 1.00 bits per heavy atom. The second-order valence-electron chi connectivity index (χ2n) is 9.94. The van der Waals surface area contributed by atoms with Crippen LogP contribution in [0.15, 0.2) is 66.7 Å². The van der Waals surface area contributed by atoms with Crippen LogP contribution in [0, 0.1) is 11.6 Å². The number of nitrogens with zero attached hydrogens (tertiary/aromatic N) is 1. The summed E-state index contributed by atoms with van der Waals surface area (Å²) >= 11 is 0. The Morgan fingerprint density at radius 2 is 1.72 bits per heavy atom. The van der Waals surface area contributed by atoms with Gasteiger partial charge in [0.1, 0.15) is 23.8 Å². The highest BCUT2D eigenvalue weighted by molar-refractivity contribution is 6.00. The number of rotatable bonds is 12. The molecular weight excluding hydrogens is 500 g/mol. The summed E-state index contributed by atoms with van der Waals surface area (Å²) < 4.78 is 33.5. The minimum atomic E-state index is -0.799. The van der Waals surface area contributed by atoms with E-state index in [1.165, 1.54) is 22.6 Å². The number of esters is 1. The summed E-state index contributed by atoms with van der Waals surface area (Å²) in [6.45, 7) is 5.00. The van der Waals surface area contributed by atoms with E-state index in [0.717, 1.165) is 23.6 Å². The van der Waals surface area contributed by atoms with E-state index >= 15 is 0 Å². The molecule has 1 aliphatic heterocycles. The van der Waals surface area contributed by atoms with E-state index in [1.54, 1.807) is 12.1 Å². The minimum absolute atomic E-state index is 0.102. The second kappa shape index (κ2) is 13.0. The number of fused-ring (bicyclic) bond motifs is 1. The van der Waals surface area contributed by atoms with Crippen LogP contribution in [0.3, 0.4) is 0 Å². The molecule has 0 fully saturated rings. The van der Waals surface area contributed by atoms with Crippen molar-refractivity contribution in [2.75, 3.05) is 6.54 Å². The maximum absolute atomic E-state index is 13.8. The van der Waals surface area contributed by atoms with Crippen LogP contribution in [-0.2, 0) is 35.5 Å². The molecule has 6 nitrogen and oxygen atoms in total. The summed E-state index contributed by atoms with van der Waals surface area (Å²) in [4.78, 5) is 28.0. The van der Waals surface area contributed by atoms with Crippen molar-refractivity contribution in [2.45, 2.75) is 64.4 Å². The molecule has 3 atom stereocenters. The van der Waals surface area contributed by atoms with Gasteiger partial charge in [0.25, 0.3) is 5.91 Å². The number of benzene rings is 3. The lowest BCUT2D eigenvalue weighted by molar-refractivity contribution is -0.155. The summed E-state index contributed by atoms with van der Waals surface area (Å²) in [6.07, 6.45) is 0.588. The highest BCUT2D eigenvalue weighted by Crippen LogP contribution is 2.26. The molecule has 0 aromatic heterocycles. The van der Waals surface area contributed by atoms with Gasteiger partial charge in [0.15, 0.2) is 0 Å². The van der Waals surface area contributed by atoms with Gasteiger partial charge in [-0.3, -0.25) is 4.79 Å². The summed E-state index contributed by atoms with van der Waals surface area (Å²) in [5.41, 5.74) is 10.6. The van der Waals surface area contributed by atoms with Crippen molar-refractivity contribution in [1.29, 1.82) is 0 Å². The van der Waals surface area contributed by atoms with Gasteiger partial charge in [-0.15, -0.1) is 0 Å². The van der Waals surface area contributed by atoms with E-state index in [2.05, 4.69) is 24.4 Å². The highest BCUT2D eigenvalue weighted by atomic mass is 19.1. The van der Waals surface area contributed by atoms with Crippen LogP contribution in [0.25, 0.3) is 0 Å². The van der Waals surface area contributed by atoms with E-state index in [-0.39, 0.29) is 18.9 Å². The van der Waals surface area contributed by atoms with Gasteiger partial charge >= 0.3 is 5.97 Å². The summed E-state index contributed by atoms with van der Waals surface area (Å²) in [7, 11) is 0. The fraction of sp³-hybridized carbons (Fsp3) is 0.355. The number of halogens is 2. The van der Waals surface area contributed by atoms with E-state index in [9.17, 15) is 18.4 Å². The zero-order valence-corrected chi connectivity index (χ0v) is 22.3. The molecule has 1 heterocycles. The van der Waals surface area contributed by atoms with Crippen LogP contribution in [0.2, 0.25) is 0 Å². The predicted molar refractivity (Wildman–Crippen MR) is 146 cm³/mol. The Bertz CT molecular complexity index is 1300. The summed E-state index contributed by atoms with van der Waals surface area (Å²) in [5.74, 6) is -2.16. The van der Waals surface area contributed by atoms with E-state index in [0.29, 0.717) is 30.6 Å². The topological polar surface area (TPSA) is 84.7 Å². The van der Waals surface area contributed by atoms with E-state index < -0.39 is 35.8 Å². The number of carbonyl (C=O) groups excluding carboxylic acids is 2. The molecule has 1 unspecified atom stereocenters. The number of nitrogens with two attached hydrogens (primary N) is 1. The number of hydrogen-bond acceptors (Lipinski definition) is 5. The first-order valence-electron chi connectivity index (χ1n) is 13.4. The first-order chi connectivity index (χ1) is 18.8. The molecule has 1 amide bonds. The molecule has 4 rings (SSSR count). The average Bonchev–Trinajstić information content (AvgIpc) is 3.24. The van der Waals surface area contributed by atoms with Crippen molar-refractivity contribution >= 4 is 11.9 Å². The Morgan fingerprint density at radius 3 is 2.41 bits per heavy atom. The van der Waals surface area contributed by atoms with Crippen molar-refractivity contribution in [2.24, 2.45) is 5.73 Å². The van der Waals surface area contributed by atoms with Gasteiger partial charge in [-0.2, -0.15) is 0 Å². The van der Waals surface area contributed by atoms with Crippen LogP contribution in [0.4, 0.5) is 8.78 Å². The molecule has 39 heavy (non-hydrogen) atoms. The number of aryl methyl sites for hydroxylation is 1. The molecular formula is C31H35F2N3O3. The first-order valence-corrected chi connectivity index (χ1v) is 13.4. The third-order valence-corrected chi connectivity index (χ3v) is 7.10. The molecule has 0 spiro atoms. The molecule has 0 saturated carbocycles. The number of carbonyl (C=O) groups is 2. The van der Waals surface area contributed by atoms with Crippen LogP contribution >= 0.6 is 0 Å². The highest BCUT2D eigenvalue weighted by Gasteiger charge is 2.37. The number of ether oxygens (including phenoxy) is 1. The average molecular weight is 536 g/mol. The molecule has 3 aromatic carbocycles. The molecule has 0 bridgehead atoms. The summed E-state index contributed by atoms with van der Waals surface area (Å²) in [6, 6.07) is 17.2. The predicted octanol–water partition coefficient (Wildman–Crippen LogP) is 4.53. The van der Waals surface area contributed by atoms with Crippen LogP contribution in [0.5, 0.6) is 0 Å². The third-order valence-electron chi connectivity index (χ3n) is 7.10. The van der Waals surface area contributed by atoms with Gasteiger partial charge in [-0.1, -0.05) is 56.3 Å². The largest absolute Gasteiger partial charge is 0.458 e. The third kappa shape index (κ3) is 7.07. The normalized spacial score (nSPS) is 15.1. The molecule has 0 saturated heterocycles. The fourth-order valence-electron chi connectivity index (χ4n) is 5.00. The molecule has 206 valence electrons. The van der Waals surface area contributed by atoms with Crippen LogP contribution in [-0.4, -0.2) is 41.5 Å². The lowest BCUT2D eigenvalue weighted by Crippen LogP contribution is -2.50. The van der Waals surface area contributed by atoms with Gasteiger partial charge in [0.05, 0.1) is 0 Å². The molecule has 3 N–H and O–H groups in total. The first kappa shape index (κ1) is 28.4. The summed E-state index contributed by atoms with van der Waals surface area (Å²) in [5, 5.41) is 3.31. The van der Waals surface area contributed by atoms with Gasteiger partial charge < -0.3 is 20.7 Å². The van der Waals surface area contributed by atoms with Gasteiger partial charge in [0.2, 0.25) is 0 Å². The Balaban J connectivity index is 1.48. The molecule has 8 heteroatoms. The van der Waals surface area contributed by atoms with Gasteiger partial charge in [-0.05, 0) is 59.7 Å². The Hall–Kier alpha value is -3.62. The number of nitrogens with one attached hydrogen (secondary N) is 1. The molecule has 0 radical (unpaired) electrons. The van der Waals surface area contributed by atoms with Crippen molar-refractivity contribution in [3.8, 4) is 0 Å². The molecule has 0 aliphatic carbocycles. The van der Waals surface area contributed by atoms with E-state index in [4.69, 9.17) is 10.5 Å². The van der Waals surface area contributed by atoms with E-state index in [1.807, 2.05) is 31.2 Å². The van der Waals surface area contributed by atoms with Gasteiger partial charge in [0, 0.05) is 37.3 Å². The van der Waals surface area contributed by atoms with Crippen LogP contribution in [0.1, 0.15) is 52.9 Å². The lowest BCUT2D eigenvalue weighted by atomic mass is 10.0. The molecule has 1 aliphatic rings. The second-order valence-corrected chi connectivity index (χ2v) is 9.94. The standard InChI is InChI=1S/C31H35F2N3O3/c1-3-20-8-7-9-21(12-20)17-35-18-29(27(34)15-22-13-24(32)16-25(33)14-22)39-31(38)28(4-2)36-19-23-10-5-6-11-26(23)30(36)37/h5-14,16,27-29,35H,3-4,15,17-19,34H2,1-2H3/t27?,28-,29+/m0/s1. The SMILES string of the molecule is CCc1cccc(CNC[C@@H](OC(=O)[C@H](CC)N2Cc3ccccc3C2=O)C(N)Cc2cc(F)cc(F)c2)c1. The maximum Gasteiger partial charge on any atom is 0.329 e. The van der Waals surface area contributed by atoms with Crippen molar-refractivity contribution < 1.29 is 23.1 Å². The van der Waals surface area contributed by atoms with Gasteiger partial charge in [-0.25, -0.2) is 13.6 Å². The zero-order valence-electron chi connectivity index (χ0n) is 22.3. The number of amides is 1. The van der Waals surface area contributed by atoms with Crippen LogP contribution < -0.4 is 11.1 Å². The quantitative estimate of drug-likeness (QED) is 0.333. The minimum Gasteiger partial charge on any atom is -0.458 e. The lowest BCUT2D eigenvalue weighted by Gasteiger charge is -2.30. The smallest absolute Gasteiger partial charge is 0.329 e. The van der Waals surface area contributed by atoms with Crippen molar-refractivity contribution in [3.05, 3.63) is 106 Å².